The van der Waals surface area contributed by atoms with E-state index in [1.54, 1.807) is 6.92 Å². The van der Waals surface area contributed by atoms with Gasteiger partial charge in [-0.15, -0.1) is 0 Å². The van der Waals surface area contributed by atoms with E-state index in [0.717, 1.165) is 6.26 Å². The summed E-state index contributed by atoms with van der Waals surface area (Å²) in [6.45, 7) is 1.64. The lowest BCUT2D eigenvalue weighted by molar-refractivity contribution is 0.566. The third kappa shape index (κ3) is 5.02. The summed E-state index contributed by atoms with van der Waals surface area (Å²) in [5.41, 5.74) is 0.887. The molecule has 2 rings (SSSR count). The van der Waals surface area contributed by atoms with Gasteiger partial charge in [0.25, 0.3) is 0 Å². The van der Waals surface area contributed by atoms with Crippen molar-refractivity contribution in [2.45, 2.75) is 17.9 Å². The molecule has 2 N–H and O–H groups in total. The van der Waals surface area contributed by atoms with Gasteiger partial charge in [-0.25, -0.2) is 25.9 Å². The molecule has 1 atom stereocenters. The molecule has 130 valence electrons. The van der Waals surface area contributed by atoms with Crippen LogP contribution in [-0.4, -0.2) is 23.1 Å². The molecular formula is C15H17FN2O4S2. The molecule has 0 amide bonds. The molecule has 0 heterocycles. The third-order valence-electron chi connectivity index (χ3n) is 3.17. The zero-order valence-electron chi connectivity index (χ0n) is 13.0. The van der Waals surface area contributed by atoms with Gasteiger partial charge in [0.15, 0.2) is 0 Å². The Morgan fingerprint density at radius 2 is 1.46 bits per heavy atom. The average Bonchev–Trinajstić information content (AvgIpc) is 2.46. The van der Waals surface area contributed by atoms with Crippen molar-refractivity contribution in [3.05, 3.63) is 59.9 Å². The first-order valence-corrected chi connectivity index (χ1v) is 10.3. The Kier molecular flexibility index (Phi) is 5.26. The highest BCUT2D eigenvalue weighted by Gasteiger charge is 2.18. The SMILES string of the molecule is CC(NS(=O)(=O)c1ccc(NS(C)(=O)=O)cc1)c1ccc(F)cc1. The Balaban J connectivity index is 2.16. The molecule has 0 bridgehead atoms. The molecule has 24 heavy (non-hydrogen) atoms. The molecule has 0 saturated heterocycles. The number of anilines is 1. The molecule has 0 aliphatic carbocycles. The van der Waals surface area contributed by atoms with Gasteiger partial charge in [0.2, 0.25) is 20.0 Å². The molecule has 0 aromatic heterocycles. The summed E-state index contributed by atoms with van der Waals surface area (Å²) in [6, 6.07) is 10.3. The fourth-order valence-corrected chi connectivity index (χ4v) is 3.83. The molecule has 0 aliphatic rings. The van der Waals surface area contributed by atoms with Crippen molar-refractivity contribution in [2.24, 2.45) is 0 Å². The molecule has 2 aromatic rings. The Hall–Kier alpha value is -1.97. The summed E-state index contributed by atoms with van der Waals surface area (Å²) in [7, 11) is -7.23. The van der Waals surface area contributed by atoms with Crippen LogP contribution in [0.15, 0.2) is 53.4 Å². The molecule has 0 spiro atoms. The van der Waals surface area contributed by atoms with E-state index in [1.165, 1.54) is 48.5 Å². The molecule has 0 saturated carbocycles. The van der Waals surface area contributed by atoms with Gasteiger partial charge in [0.1, 0.15) is 5.82 Å². The molecule has 2 aromatic carbocycles. The maximum absolute atomic E-state index is 12.9. The van der Waals surface area contributed by atoms with E-state index in [9.17, 15) is 21.2 Å². The number of sulfonamides is 2. The van der Waals surface area contributed by atoms with Crippen LogP contribution in [0.3, 0.4) is 0 Å². The summed E-state index contributed by atoms with van der Waals surface area (Å²) in [5.74, 6) is -0.400. The summed E-state index contributed by atoms with van der Waals surface area (Å²) >= 11 is 0. The number of benzene rings is 2. The topological polar surface area (TPSA) is 92.3 Å². The van der Waals surface area contributed by atoms with Gasteiger partial charge in [-0.05, 0) is 48.9 Å². The monoisotopic (exact) mass is 372 g/mol. The van der Waals surface area contributed by atoms with E-state index in [1.807, 2.05) is 0 Å². The first kappa shape index (κ1) is 18.4. The first-order valence-electron chi connectivity index (χ1n) is 6.92. The highest BCUT2D eigenvalue weighted by Crippen LogP contribution is 2.19. The number of rotatable bonds is 6. The van der Waals surface area contributed by atoms with Crippen molar-refractivity contribution in [3.63, 3.8) is 0 Å². The van der Waals surface area contributed by atoms with Gasteiger partial charge in [-0.2, -0.15) is 0 Å². The lowest BCUT2D eigenvalue weighted by Gasteiger charge is -2.15. The standard InChI is InChI=1S/C15H17FN2O4S2/c1-11(12-3-5-13(16)6-4-12)17-24(21,22)15-9-7-14(8-10-15)18-23(2,19)20/h3-11,17-18H,1-2H3. The second-order valence-electron chi connectivity index (χ2n) is 5.29. The van der Waals surface area contributed by atoms with Gasteiger partial charge in [-0.1, -0.05) is 12.1 Å². The lowest BCUT2D eigenvalue weighted by atomic mass is 10.1. The molecule has 1 unspecified atom stereocenters. The van der Waals surface area contributed by atoms with Crippen molar-refractivity contribution >= 4 is 25.7 Å². The highest BCUT2D eigenvalue weighted by molar-refractivity contribution is 7.92. The van der Waals surface area contributed by atoms with E-state index in [-0.39, 0.29) is 10.6 Å². The van der Waals surface area contributed by atoms with Gasteiger partial charge >= 0.3 is 0 Å². The van der Waals surface area contributed by atoms with Crippen LogP contribution in [0.4, 0.5) is 10.1 Å². The number of nitrogens with one attached hydrogen (secondary N) is 2. The molecule has 0 fully saturated rings. The summed E-state index contributed by atoms with van der Waals surface area (Å²) in [6.07, 6.45) is 1.00. The van der Waals surface area contributed by atoms with Crippen LogP contribution >= 0.6 is 0 Å². The predicted molar refractivity (Wildman–Crippen MR) is 90.0 cm³/mol. The Morgan fingerprint density at radius 3 is 1.96 bits per heavy atom. The van der Waals surface area contributed by atoms with E-state index < -0.39 is 31.9 Å². The molecule has 0 aliphatic heterocycles. The maximum Gasteiger partial charge on any atom is 0.241 e. The van der Waals surface area contributed by atoms with Gasteiger partial charge in [0, 0.05) is 11.7 Å². The van der Waals surface area contributed by atoms with Crippen molar-refractivity contribution in [1.82, 2.24) is 4.72 Å². The summed E-state index contributed by atoms with van der Waals surface area (Å²) in [5, 5.41) is 0. The minimum absolute atomic E-state index is 0.00415. The number of hydrogen-bond donors (Lipinski definition) is 2. The van der Waals surface area contributed by atoms with E-state index in [2.05, 4.69) is 9.44 Å². The van der Waals surface area contributed by atoms with E-state index in [0.29, 0.717) is 5.56 Å². The zero-order chi connectivity index (χ0) is 18.0. The highest BCUT2D eigenvalue weighted by atomic mass is 32.2. The summed E-state index contributed by atoms with van der Waals surface area (Å²) in [4.78, 5) is -0.00415. The van der Waals surface area contributed by atoms with Gasteiger partial charge in [0.05, 0.1) is 11.2 Å². The smallest absolute Gasteiger partial charge is 0.241 e. The van der Waals surface area contributed by atoms with Crippen molar-refractivity contribution < 1.29 is 21.2 Å². The fourth-order valence-electron chi connectivity index (χ4n) is 2.04. The summed E-state index contributed by atoms with van der Waals surface area (Å²) < 4.78 is 64.7. The van der Waals surface area contributed by atoms with Crippen LogP contribution in [0.5, 0.6) is 0 Å². The quantitative estimate of drug-likeness (QED) is 0.813. The van der Waals surface area contributed by atoms with Crippen molar-refractivity contribution in [1.29, 1.82) is 0 Å². The van der Waals surface area contributed by atoms with Crippen LogP contribution in [0, 0.1) is 5.82 Å². The minimum Gasteiger partial charge on any atom is -0.284 e. The molecular weight excluding hydrogens is 355 g/mol. The predicted octanol–water partition coefficient (Wildman–Crippen LogP) is 2.24. The van der Waals surface area contributed by atoms with Crippen molar-refractivity contribution in [2.75, 3.05) is 11.0 Å². The van der Waals surface area contributed by atoms with E-state index in [4.69, 9.17) is 0 Å². The van der Waals surface area contributed by atoms with Crippen molar-refractivity contribution in [3.8, 4) is 0 Å². The van der Waals surface area contributed by atoms with E-state index >= 15 is 0 Å². The Labute approximate surface area is 140 Å². The Bertz CT molecular complexity index is 909. The molecule has 0 radical (unpaired) electrons. The molecule has 9 heteroatoms. The van der Waals surface area contributed by atoms with Gasteiger partial charge < -0.3 is 0 Å². The van der Waals surface area contributed by atoms with Crippen LogP contribution in [0.2, 0.25) is 0 Å². The number of halogens is 1. The van der Waals surface area contributed by atoms with Gasteiger partial charge in [-0.3, -0.25) is 4.72 Å². The van der Waals surface area contributed by atoms with Crippen LogP contribution in [0.25, 0.3) is 0 Å². The number of hydrogen-bond acceptors (Lipinski definition) is 4. The van der Waals surface area contributed by atoms with Crippen LogP contribution in [-0.2, 0) is 20.0 Å². The minimum atomic E-state index is -3.80. The second-order valence-corrected chi connectivity index (χ2v) is 8.76. The van der Waals surface area contributed by atoms with Crippen LogP contribution in [0.1, 0.15) is 18.5 Å². The Morgan fingerprint density at radius 1 is 0.917 bits per heavy atom. The zero-order valence-corrected chi connectivity index (χ0v) is 14.7. The van der Waals surface area contributed by atoms with Crippen LogP contribution < -0.4 is 9.44 Å². The normalized spacial score (nSPS) is 13.5. The second kappa shape index (κ2) is 6.88. The average molecular weight is 372 g/mol. The fraction of sp³-hybridized carbons (Fsp3) is 0.200. The maximum atomic E-state index is 12.9. The lowest BCUT2D eigenvalue weighted by Crippen LogP contribution is -2.26. The molecule has 6 nitrogen and oxygen atoms in total. The first-order chi connectivity index (χ1) is 11.1. The largest absolute Gasteiger partial charge is 0.284 e. The third-order valence-corrected chi connectivity index (χ3v) is 5.33.